The third-order valence-electron chi connectivity index (χ3n) is 6.26. The summed E-state index contributed by atoms with van der Waals surface area (Å²) in [4.78, 5) is 17.5. The van der Waals surface area contributed by atoms with E-state index in [0.29, 0.717) is 6.54 Å². The van der Waals surface area contributed by atoms with Gasteiger partial charge in [0.05, 0.1) is 13.2 Å². The molecule has 2 heterocycles. The van der Waals surface area contributed by atoms with Gasteiger partial charge in [-0.05, 0) is 41.2 Å². The van der Waals surface area contributed by atoms with Crippen molar-refractivity contribution in [2.45, 2.75) is 39.7 Å². The lowest BCUT2D eigenvalue weighted by Crippen LogP contribution is -2.48. The third kappa shape index (κ3) is 4.85. The fourth-order valence-corrected chi connectivity index (χ4v) is 4.49. The summed E-state index contributed by atoms with van der Waals surface area (Å²) in [5.74, 6) is 1.14. The van der Waals surface area contributed by atoms with Crippen LogP contribution in [0.2, 0.25) is 0 Å². The third-order valence-corrected chi connectivity index (χ3v) is 6.26. The molecular weight excluding hydrogens is 374 g/mol. The van der Waals surface area contributed by atoms with Crippen molar-refractivity contribution < 1.29 is 9.53 Å². The van der Waals surface area contributed by atoms with Crippen LogP contribution in [0.1, 0.15) is 36.1 Å². The highest BCUT2D eigenvalue weighted by Gasteiger charge is 2.21. The van der Waals surface area contributed by atoms with Crippen molar-refractivity contribution in [1.82, 2.24) is 9.80 Å². The van der Waals surface area contributed by atoms with E-state index in [2.05, 4.69) is 65.4 Å². The van der Waals surface area contributed by atoms with E-state index in [1.165, 1.54) is 22.3 Å². The van der Waals surface area contributed by atoms with E-state index in [-0.39, 0.29) is 5.91 Å². The number of benzene rings is 2. The molecule has 0 saturated carbocycles. The largest absolute Gasteiger partial charge is 0.493 e. The summed E-state index contributed by atoms with van der Waals surface area (Å²) in [5.41, 5.74) is 6.14. The lowest BCUT2D eigenvalue weighted by atomic mass is 10.0. The van der Waals surface area contributed by atoms with Crippen molar-refractivity contribution in [3.8, 4) is 5.75 Å². The maximum absolute atomic E-state index is 12.7. The molecule has 2 aliphatic rings. The number of hydrogen-bond acceptors (Lipinski definition) is 4. The topological polar surface area (TPSA) is 44.8 Å². The Morgan fingerprint density at radius 3 is 2.40 bits per heavy atom. The summed E-state index contributed by atoms with van der Waals surface area (Å²) in [6.07, 6.45) is 2.88. The van der Waals surface area contributed by atoms with Crippen molar-refractivity contribution in [2.24, 2.45) is 0 Å². The molecule has 1 N–H and O–H groups in total. The van der Waals surface area contributed by atoms with Gasteiger partial charge in [0.25, 0.3) is 0 Å². The number of aryl methyl sites for hydroxylation is 2. The molecule has 4 rings (SSSR count). The Morgan fingerprint density at radius 2 is 1.70 bits per heavy atom. The molecule has 1 fully saturated rings. The highest BCUT2D eigenvalue weighted by atomic mass is 16.5. The molecule has 5 nitrogen and oxygen atoms in total. The van der Waals surface area contributed by atoms with Gasteiger partial charge in [-0.2, -0.15) is 0 Å². The maximum Gasteiger partial charge on any atom is 0.238 e. The number of para-hydroxylation sites is 1. The number of nitrogens with one attached hydrogen (secondary N) is 1. The summed E-state index contributed by atoms with van der Waals surface area (Å²) in [6.45, 7) is 10.4. The minimum absolute atomic E-state index is 0.0951. The number of hydrogen-bond donors (Lipinski definition) is 1. The van der Waals surface area contributed by atoms with Gasteiger partial charge >= 0.3 is 0 Å². The second-order valence-electron chi connectivity index (χ2n) is 8.30. The van der Waals surface area contributed by atoms with E-state index in [1.54, 1.807) is 0 Å². The highest BCUT2D eigenvalue weighted by Crippen LogP contribution is 2.26. The molecule has 5 heteroatoms. The average molecular weight is 408 g/mol. The number of anilines is 1. The van der Waals surface area contributed by atoms with Crippen LogP contribution in [0.4, 0.5) is 5.69 Å². The zero-order valence-electron chi connectivity index (χ0n) is 18.2. The lowest BCUT2D eigenvalue weighted by molar-refractivity contribution is -0.117. The molecule has 160 valence electrons. The molecule has 0 bridgehead atoms. The summed E-state index contributed by atoms with van der Waals surface area (Å²) in [5, 5.41) is 3.20. The Labute approximate surface area is 180 Å². The van der Waals surface area contributed by atoms with Crippen LogP contribution in [0.15, 0.2) is 36.4 Å². The second-order valence-corrected chi connectivity index (χ2v) is 8.30. The average Bonchev–Trinajstić information content (AvgIpc) is 3.23. The Bertz CT molecular complexity index is 866. The predicted molar refractivity (Wildman–Crippen MR) is 121 cm³/mol. The summed E-state index contributed by atoms with van der Waals surface area (Å²) in [6, 6.07) is 12.9. The minimum Gasteiger partial charge on any atom is -0.493 e. The molecule has 0 radical (unpaired) electrons. The lowest BCUT2D eigenvalue weighted by Gasteiger charge is -2.34. The number of piperazine rings is 1. The Balaban J connectivity index is 1.27. The number of ether oxygens (including phenoxy) is 1. The van der Waals surface area contributed by atoms with Crippen molar-refractivity contribution in [3.05, 3.63) is 58.7 Å². The molecule has 0 aliphatic carbocycles. The minimum atomic E-state index is 0.0951. The molecule has 2 aromatic rings. The Hall–Kier alpha value is -2.37. The maximum atomic E-state index is 12.7. The summed E-state index contributed by atoms with van der Waals surface area (Å²) < 4.78 is 5.61. The molecule has 2 aliphatic heterocycles. The second kappa shape index (κ2) is 9.63. The SMILES string of the molecule is CCc1cccc(CC)c1NC(=O)CN1CCN(Cc2ccc3c(c2)CCO3)CC1. The van der Waals surface area contributed by atoms with E-state index in [0.717, 1.165) is 70.0 Å². The van der Waals surface area contributed by atoms with Crippen LogP contribution in [0.5, 0.6) is 5.75 Å². The molecule has 0 atom stereocenters. The normalized spacial score (nSPS) is 16.9. The van der Waals surface area contributed by atoms with Crippen LogP contribution >= 0.6 is 0 Å². The molecule has 1 saturated heterocycles. The van der Waals surface area contributed by atoms with E-state index in [4.69, 9.17) is 4.74 Å². The first kappa shape index (κ1) is 20.9. The van der Waals surface area contributed by atoms with Gasteiger partial charge < -0.3 is 10.1 Å². The van der Waals surface area contributed by atoms with Crippen LogP contribution in [0.25, 0.3) is 0 Å². The number of fused-ring (bicyclic) bond motifs is 1. The van der Waals surface area contributed by atoms with Crippen LogP contribution in [0.3, 0.4) is 0 Å². The fourth-order valence-electron chi connectivity index (χ4n) is 4.49. The summed E-state index contributed by atoms with van der Waals surface area (Å²) >= 11 is 0. The first-order chi connectivity index (χ1) is 14.7. The number of rotatable bonds is 7. The van der Waals surface area contributed by atoms with Gasteiger partial charge in [-0.25, -0.2) is 0 Å². The number of nitrogens with zero attached hydrogens (tertiary/aromatic N) is 2. The van der Waals surface area contributed by atoms with Gasteiger partial charge in [-0.3, -0.25) is 14.6 Å². The fraction of sp³-hybridized carbons (Fsp3) is 0.480. The molecule has 1 amide bonds. The first-order valence-electron chi connectivity index (χ1n) is 11.3. The van der Waals surface area contributed by atoms with Gasteiger partial charge in [-0.1, -0.05) is 44.2 Å². The zero-order chi connectivity index (χ0) is 20.9. The first-order valence-corrected chi connectivity index (χ1v) is 11.3. The molecule has 0 spiro atoms. The van der Waals surface area contributed by atoms with Crippen molar-refractivity contribution in [2.75, 3.05) is 44.6 Å². The standard InChI is InChI=1S/C25H33N3O2/c1-3-20-6-5-7-21(4-2)25(20)26-24(29)18-28-13-11-27(12-14-28)17-19-8-9-23-22(16-19)10-15-30-23/h5-9,16H,3-4,10-15,17-18H2,1-2H3,(H,26,29). The molecular formula is C25H33N3O2. The Kier molecular flexibility index (Phi) is 6.70. The van der Waals surface area contributed by atoms with Gasteiger partial charge in [0, 0.05) is 44.8 Å². The highest BCUT2D eigenvalue weighted by molar-refractivity contribution is 5.93. The molecule has 2 aromatic carbocycles. The van der Waals surface area contributed by atoms with E-state index in [1.807, 2.05) is 0 Å². The van der Waals surface area contributed by atoms with Gasteiger partial charge in [-0.15, -0.1) is 0 Å². The number of carbonyl (C=O) groups excluding carboxylic acids is 1. The van der Waals surface area contributed by atoms with Crippen LogP contribution in [-0.4, -0.2) is 55.0 Å². The molecule has 0 aromatic heterocycles. The predicted octanol–water partition coefficient (Wildman–Crippen LogP) is 3.50. The molecule has 0 unspecified atom stereocenters. The van der Waals surface area contributed by atoms with Gasteiger partial charge in [0.2, 0.25) is 5.91 Å². The van der Waals surface area contributed by atoms with Crippen LogP contribution in [-0.2, 0) is 30.6 Å². The number of amides is 1. The van der Waals surface area contributed by atoms with Gasteiger partial charge in [0.15, 0.2) is 0 Å². The van der Waals surface area contributed by atoms with E-state index >= 15 is 0 Å². The van der Waals surface area contributed by atoms with Crippen LogP contribution in [0, 0.1) is 0 Å². The Morgan fingerprint density at radius 1 is 1.00 bits per heavy atom. The van der Waals surface area contributed by atoms with Crippen LogP contribution < -0.4 is 10.1 Å². The summed E-state index contributed by atoms with van der Waals surface area (Å²) in [7, 11) is 0. The monoisotopic (exact) mass is 407 g/mol. The van der Waals surface area contributed by atoms with Crippen molar-refractivity contribution in [3.63, 3.8) is 0 Å². The number of carbonyl (C=O) groups is 1. The smallest absolute Gasteiger partial charge is 0.238 e. The van der Waals surface area contributed by atoms with E-state index < -0.39 is 0 Å². The van der Waals surface area contributed by atoms with Crippen molar-refractivity contribution in [1.29, 1.82) is 0 Å². The van der Waals surface area contributed by atoms with E-state index in [9.17, 15) is 4.79 Å². The molecule has 30 heavy (non-hydrogen) atoms. The van der Waals surface area contributed by atoms with Crippen molar-refractivity contribution >= 4 is 11.6 Å². The zero-order valence-corrected chi connectivity index (χ0v) is 18.2. The van der Waals surface area contributed by atoms with Gasteiger partial charge in [0.1, 0.15) is 5.75 Å². The quantitative estimate of drug-likeness (QED) is 0.763.